The number of rotatable bonds is 5. The molecule has 1 atom stereocenters. The molecule has 0 radical (unpaired) electrons. The van der Waals surface area contributed by atoms with Gasteiger partial charge in [-0.15, -0.1) is 11.8 Å². The largest absolute Gasteiger partial charge is 0.480 e. The Labute approximate surface area is 96.4 Å². The van der Waals surface area contributed by atoms with Gasteiger partial charge in [-0.25, -0.2) is 5.48 Å². The molecule has 0 fully saturated rings. The molecule has 0 bridgehead atoms. The van der Waals surface area contributed by atoms with Crippen molar-refractivity contribution >= 4 is 23.6 Å². The lowest BCUT2D eigenvalue weighted by atomic mass is 10.2. The lowest BCUT2D eigenvalue weighted by Gasteiger charge is -2.09. The average Bonchev–Trinajstić information content (AvgIpc) is 2.30. The van der Waals surface area contributed by atoms with E-state index in [0.717, 1.165) is 17.3 Å². The first-order valence-electron chi connectivity index (χ1n) is 4.47. The molecule has 0 aromatic heterocycles. The first kappa shape index (κ1) is 12.5. The fourth-order valence-corrected chi connectivity index (χ4v) is 1.97. The summed E-state index contributed by atoms with van der Waals surface area (Å²) in [5, 5.41) is 15.8. The monoisotopic (exact) mass is 241 g/mol. The van der Waals surface area contributed by atoms with Crippen LogP contribution in [-0.2, 0) is 15.3 Å². The molecule has 1 aromatic rings. The number of carbonyl (C=O) groups is 2. The fraction of sp³-hybridized carbons (Fsp3) is 0.200. The van der Waals surface area contributed by atoms with Gasteiger partial charge in [-0.1, -0.05) is 30.3 Å². The van der Waals surface area contributed by atoms with Crippen LogP contribution in [0.25, 0.3) is 0 Å². The molecule has 1 aromatic carbocycles. The summed E-state index contributed by atoms with van der Waals surface area (Å²) in [6.45, 7) is 0. The summed E-state index contributed by atoms with van der Waals surface area (Å²) in [7, 11) is 0. The van der Waals surface area contributed by atoms with E-state index in [9.17, 15) is 9.59 Å². The summed E-state index contributed by atoms with van der Waals surface area (Å²) in [5.41, 5.74) is 2.26. The van der Waals surface area contributed by atoms with Crippen molar-refractivity contribution in [3.05, 3.63) is 35.9 Å². The molecule has 0 saturated carbocycles. The van der Waals surface area contributed by atoms with Crippen LogP contribution in [0.15, 0.2) is 30.3 Å². The van der Waals surface area contributed by atoms with E-state index in [4.69, 9.17) is 10.3 Å². The highest BCUT2D eigenvalue weighted by Gasteiger charge is 2.26. The third kappa shape index (κ3) is 3.56. The summed E-state index contributed by atoms with van der Waals surface area (Å²) in [4.78, 5) is 21.7. The number of carboxylic acids is 1. The van der Waals surface area contributed by atoms with Crippen LogP contribution in [0.5, 0.6) is 0 Å². The van der Waals surface area contributed by atoms with Gasteiger partial charge in [-0.05, 0) is 5.56 Å². The molecule has 16 heavy (non-hydrogen) atoms. The number of amides is 1. The Kier molecular flexibility index (Phi) is 4.81. The van der Waals surface area contributed by atoms with Gasteiger partial charge in [0.05, 0.1) is 0 Å². The van der Waals surface area contributed by atoms with Gasteiger partial charge < -0.3 is 5.11 Å². The molecular weight excluding hydrogens is 230 g/mol. The van der Waals surface area contributed by atoms with Crippen molar-refractivity contribution in [2.24, 2.45) is 0 Å². The van der Waals surface area contributed by atoms with E-state index in [1.165, 1.54) is 5.48 Å². The number of hydrogen-bond acceptors (Lipinski definition) is 4. The van der Waals surface area contributed by atoms with Crippen molar-refractivity contribution in [2.75, 3.05) is 0 Å². The minimum Gasteiger partial charge on any atom is -0.480 e. The first-order valence-corrected chi connectivity index (χ1v) is 5.52. The predicted molar refractivity (Wildman–Crippen MR) is 59.1 cm³/mol. The zero-order chi connectivity index (χ0) is 12.0. The molecule has 0 spiro atoms. The maximum absolute atomic E-state index is 11.0. The molecule has 1 unspecified atom stereocenters. The van der Waals surface area contributed by atoms with E-state index in [1.807, 2.05) is 30.3 Å². The van der Waals surface area contributed by atoms with Gasteiger partial charge >= 0.3 is 5.97 Å². The number of thioether (sulfide) groups is 1. The topological polar surface area (TPSA) is 86.6 Å². The summed E-state index contributed by atoms with van der Waals surface area (Å²) >= 11 is 0.944. The Balaban J connectivity index is 2.57. The Bertz CT molecular complexity index is 368. The fourth-order valence-electron chi connectivity index (χ4n) is 1.07. The molecule has 5 nitrogen and oxygen atoms in total. The highest BCUT2D eigenvalue weighted by Crippen LogP contribution is 2.18. The Morgan fingerprint density at radius 2 is 1.94 bits per heavy atom. The van der Waals surface area contributed by atoms with Crippen molar-refractivity contribution < 1.29 is 19.9 Å². The van der Waals surface area contributed by atoms with Crippen molar-refractivity contribution in [1.82, 2.24) is 5.48 Å². The lowest BCUT2D eigenvalue weighted by Crippen LogP contribution is -2.35. The van der Waals surface area contributed by atoms with Crippen LogP contribution in [0.3, 0.4) is 0 Å². The zero-order valence-electron chi connectivity index (χ0n) is 8.29. The van der Waals surface area contributed by atoms with Crippen molar-refractivity contribution in [1.29, 1.82) is 0 Å². The van der Waals surface area contributed by atoms with E-state index in [1.54, 1.807) is 0 Å². The van der Waals surface area contributed by atoms with Crippen LogP contribution in [0.2, 0.25) is 0 Å². The molecule has 86 valence electrons. The summed E-state index contributed by atoms with van der Waals surface area (Å²) in [6, 6.07) is 9.18. The normalized spacial score (nSPS) is 11.8. The third-order valence-electron chi connectivity index (χ3n) is 1.83. The van der Waals surface area contributed by atoms with Crippen LogP contribution in [-0.4, -0.2) is 27.4 Å². The number of carboxylic acid groups (broad SMARTS) is 1. The minimum absolute atomic E-state index is 0.394. The number of hydroxylamine groups is 1. The number of aliphatic carboxylic acids is 1. The van der Waals surface area contributed by atoms with Gasteiger partial charge in [0, 0.05) is 5.75 Å². The predicted octanol–water partition coefficient (Wildman–Crippen LogP) is 0.878. The Morgan fingerprint density at radius 3 is 2.44 bits per heavy atom. The Hall–Kier alpha value is -1.53. The molecule has 6 heteroatoms. The molecule has 0 aliphatic heterocycles. The van der Waals surface area contributed by atoms with Gasteiger partial charge in [-0.3, -0.25) is 14.8 Å². The highest BCUT2D eigenvalue weighted by atomic mass is 32.2. The maximum Gasteiger partial charge on any atom is 0.326 e. The molecule has 1 amide bonds. The van der Waals surface area contributed by atoms with Crippen LogP contribution in [0, 0.1) is 0 Å². The second kappa shape index (κ2) is 6.14. The number of hydrogen-bond donors (Lipinski definition) is 3. The molecular formula is C10H11NO4S. The van der Waals surface area contributed by atoms with Gasteiger partial charge in [0.1, 0.15) is 0 Å². The van der Waals surface area contributed by atoms with E-state index in [-0.39, 0.29) is 0 Å². The van der Waals surface area contributed by atoms with Crippen LogP contribution < -0.4 is 5.48 Å². The SMILES string of the molecule is O=C(O)C(SCc1ccccc1)C(=O)NO. The molecule has 3 N–H and O–H groups in total. The standard InChI is InChI=1S/C10H11NO4S/c12-9(11-15)8(10(13)14)16-6-7-4-2-1-3-5-7/h1-5,8,15H,6H2,(H,11,12)(H,13,14). The van der Waals surface area contributed by atoms with E-state index in [0.29, 0.717) is 5.75 Å². The quantitative estimate of drug-likeness (QED) is 0.404. The molecule has 0 aliphatic rings. The van der Waals surface area contributed by atoms with Gasteiger partial charge in [0.15, 0.2) is 5.25 Å². The van der Waals surface area contributed by atoms with Gasteiger partial charge in [0.2, 0.25) is 0 Å². The zero-order valence-corrected chi connectivity index (χ0v) is 9.11. The van der Waals surface area contributed by atoms with Crippen LogP contribution in [0.1, 0.15) is 5.56 Å². The second-order valence-electron chi connectivity index (χ2n) is 2.99. The maximum atomic E-state index is 11.0. The van der Waals surface area contributed by atoms with Crippen LogP contribution >= 0.6 is 11.8 Å². The van der Waals surface area contributed by atoms with E-state index < -0.39 is 17.1 Å². The second-order valence-corrected chi connectivity index (χ2v) is 4.08. The minimum atomic E-state index is -1.30. The third-order valence-corrected chi connectivity index (χ3v) is 3.08. The van der Waals surface area contributed by atoms with Crippen molar-refractivity contribution in [3.8, 4) is 0 Å². The number of benzene rings is 1. The lowest BCUT2D eigenvalue weighted by molar-refractivity contribution is -0.142. The Morgan fingerprint density at radius 1 is 1.31 bits per heavy atom. The van der Waals surface area contributed by atoms with Gasteiger partial charge in [-0.2, -0.15) is 0 Å². The molecule has 0 heterocycles. The van der Waals surface area contributed by atoms with Gasteiger partial charge in [0.25, 0.3) is 5.91 Å². The highest BCUT2D eigenvalue weighted by molar-refractivity contribution is 8.00. The van der Waals surface area contributed by atoms with Crippen molar-refractivity contribution in [2.45, 2.75) is 11.0 Å². The van der Waals surface area contributed by atoms with Crippen molar-refractivity contribution in [3.63, 3.8) is 0 Å². The molecule has 1 rings (SSSR count). The molecule has 0 aliphatic carbocycles. The smallest absolute Gasteiger partial charge is 0.326 e. The molecule has 0 saturated heterocycles. The summed E-state index contributed by atoms with van der Waals surface area (Å²) in [6.07, 6.45) is 0. The summed E-state index contributed by atoms with van der Waals surface area (Å²) < 4.78 is 0. The number of carbonyl (C=O) groups excluding carboxylic acids is 1. The summed E-state index contributed by atoms with van der Waals surface area (Å²) in [5.74, 6) is -1.80. The van der Waals surface area contributed by atoms with Crippen LogP contribution in [0.4, 0.5) is 0 Å². The first-order chi connectivity index (χ1) is 7.65. The average molecular weight is 241 g/mol. The number of nitrogens with one attached hydrogen (secondary N) is 1. The van der Waals surface area contributed by atoms with E-state index >= 15 is 0 Å². The van der Waals surface area contributed by atoms with E-state index in [2.05, 4.69) is 0 Å².